The van der Waals surface area contributed by atoms with Crippen molar-refractivity contribution in [2.24, 2.45) is 5.92 Å². The molecule has 4 rings (SSSR count). The van der Waals surface area contributed by atoms with Gasteiger partial charge < -0.3 is 19.9 Å². The van der Waals surface area contributed by atoms with Crippen LogP contribution in [0, 0.1) is 5.92 Å². The Labute approximate surface area is 177 Å². The van der Waals surface area contributed by atoms with Gasteiger partial charge >= 0.3 is 0 Å². The van der Waals surface area contributed by atoms with Crippen molar-refractivity contribution in [1.29, 1.82) is 0 Å². The van der Waals surface area contributed by atoms with Crippen LogP contribution in [0.3, 0.4) is 0 Å². The summed E-state index contributed by atoms with van der Waals surface area (Å²) in [6.07, 6.45) is 5.90. The third-order valence-corrected chi connectivity index (χ3v) is 6.75. The van der Waals surface area contributed by atoms with Crippen LogP contribution in [0.25, 0.3) is 0 Å². The molecule has 0 spiro atoms. The maximum Gasteiger partial charge on any atom is 0.251 e. The predicted molar refractivity (Wildman–Crippen MR) is 112 cm³/mol. The highest BCUT2D eigenvalue weighted by molar-refractivity contribution is 5.96. The second-order valence-corrected chi connectivity index (χ2v) is 8.90. The molecule has 1 saturated carbocycles. The number of nitrogens with zero attached hydrogens (tertiary/aromatic N) is 2. The highest BCUT2D eigenvalue weighted by Gasteiger charge is 2.42. The number of benzene rings is 1. The Morgan fingerprint density at radius 2 is 1.93 bits per heavy atom. The minimum Gasteiger partial charge on any atom is -0.496 e. The Morgan fingerprint density at radius 3 is 2.67 bits per heavy atom. The van der Waals surface area contributed by atoms with E-state index in [1.165, 1.54) is 0 Å². The van der Waals surface area contributed by atoms with Crippen molar-refractivity contribution in [2.75, 3.05) is 20.2 Å². The molecule has 7 heteroatoms. The number of carbonyl (C=O) groups is 3. The first-order valence-corrected chi connectivity index (χ1v) is 11.0. The van der Waals surface area contributed by atoms with E-state index < -0.39 is 0 Å². The third-order valence-electron chi connectivity index (χ3n) is 6.75. The van der Waals surface area contributed by atoms with E-state index in [1.807, 2.05) is 0 Å². The lowest BCUT2D eigenvalue weighted by molar-refractivity contribution is -0.154. The van der Waals surface area contributed by atoms with Crippen LogP contribution in [-0.4, -0.2) is 59.8 Å². The van der Waals surface area contributed by atoms with Gasteiger partial charge in [0.05, 0.1) is 7.11 Å². The van der Waals surface area contributed by atoms with Crippen LogP contribution in [0.2, 0.25) is 0 Å². The molecule has 0 radical (unpaired) electrons. The minimum absolute atomic E-state index is 0.00325. The number of carbonyl (C=O) groups excluding carboxylic acids is 3. The van der Waals surface area contributed by atoms with Gasteiger partial charge in [-0.15, -0.1) is 0 Å². The van der Waals surface area contributed by atoms with E-state index in [0.717, 1.165) is 50.0 Å². The number of hydrogen-bond acceptors (Lipinski definition) is 4. The molecular weight excluding hydrogens is 382 g/mol. The Morgan fingerprint density at radius 1 is 1.17 bits per heavy atom. The molecule has 3 aliphatic rings. The summed E-state index contributed by atoms with van der Waals surface area (Å²) in [4.78, 5) is 41.4. The van der Waals surface area contributed by atoms with Crippen molar-refractivity contribution in [3.8, 4) is 5.75 Å². The van der Waals surface area contributed by atoms with Crippen molar-refractivity contribution in [1.82, 2.24) is 15.1 Å². The summed E-state index contributed by atoms with van der Waals surface area (Å²) in [5.41, 5.74) is 1.30. The van der Waals surface area contributed by atoms with Crippen molar-refractivity contribution >= 4 is 17.7 Å². The number of amides is 3. The van der Waals surface area contributed by atoms with E-state index in [1.54, 1.807) is 35.1 Å². The van der Waals surface area contributed by atoms with Crippen LogP contribution < -0.4 is 10.1 Å². The smallest absolute Gasteiger partial charge is 0.251 e. The first-order chi connectivity index (χ1) is 14.5. The van der Waals surface area contributed by atoms with Crippen LogP contribution in [0.1, 0.15) is 61.4 Å². The second-order valence-electron chi connectivity index (χ2n) is 8.90. The lowest BCUT2D eigenvalue weighted by Gasteiger charge is -2.36. The largest absolute Gasteiger partial charge is 0.496 e. The zero-order valence-electron chi connectivity index (χ0n) is 17.9. The summed E-state index contributed by atoms with van der Waals surface area (Å²) in [7, 11) is 1.57. The molecule has 1 aromatic rings. The standard InChI is InChI=1S/C23H31N3O4/c1-15-5-8-18(9-6-15)24-22(28)16-7-10-20(30-2)17(12-16)13-25-14-21(27)26-11-3-4-19(26)23(25)29/h7,10,12,15,18-19H,3-6,8-9,11,13-14H2,1-2H3,(H,24,28). The molecule has 3 amide bonds. The Balaban J connectivity index is 1.48. The van der Waals surface area contributed by atoms with Gasteiger partial charge in [0.15, 0.2) is 0 Å². The summed E-state index contributed by atoms with van der Waals surface area (Å²) in [6, 6.07) is 5.20. The molecule has 0 aromatic heterocycles. The SMILES string of the molecule is COc1ccc(C(=O)NC2CCC(C)CC2)cc1CN1CC(=O)N2CCCC2C1=O. The van der Waals surface area contributed by atoms with Crippen LogP contribution in [-0.2, 0) is 16.1 Å². The predicted octanol–water partition coefficient (Wildman–Crippen LogP) is 2.34. The monoisotopic (exact) mass is 413 g/mol. The molecule has 1 atom stereocenters. The zero-order valence-corrected chi connectivity index (χ0v) is 17.9. The number of piperazine rings is 1. The lowest BCUT2D eigenvalue weighted by atomic mass is 9.87. The zero-order chi connectivity index (χ0) is 21.3. The lowest BCUT2D eigenvalue weighted by Crippen LogP contribution is -2.56. The van der Waals surface area contributed by atoms with Gasteiger partial charge in [0, 0.05) is 30.3 Å². The summed E-state index contributed by atoms with van der Waals surface area (Å²) in [5.74, 6) is 1.23. The fourth-order valence-corrected chi connectivity index (χ4v) is 4.92. The van der Waals surface area contributed by atoms with E-state index in [9.17, 15) is 14.4 Å². The van der Waals surface area contributed by atoms with Gasteiger partial charge in [-0.2, -0.15) is 0 Å². The summed E-state index contributed by atoms with van der Waals surface area (Å²) >= 11 is 0. The third kappa shape index (κ3) is 4.16. The van der Waals surface area contributed by atoms with Gasteiger partial charge in [-0.3, -0.25) is 14.4 Å². The highest BCUT2D eigenvalue weighted by Crippen LogP contribution is 2.28. The van der Waals surface area contributed by atoms with Crippen molar-refractivity contribution < 1.29 is 19.1 Å². The van der Waals surface area contributed by atoms with E-state index in [4.69, 9.17) is 4.74 Å². The molecule has 2 heterocycles. The first-order valence-electron chi connectivity index (χ1n) is 11.0. The number of ether oxygens (including phenoxy) is 1. The number of rotatable bonds is 5. The molecule has 7 nitrogen and oxygen atoms in total. The van der Waals surface area contributed by atoms with Crippen molar-refractivity contribution in [3.63, 3.8) is 0 Å². The van der Waals surface area contributed by atoms with Crippen LogP contribution in [0.4, 0.5) is 0 Å². The summed E-state index contributed by atoms with van der Waals surface area (Å²) in [5, 5.41) is 3.15. The molecule has 1 unspecified atom stereocenters. The van der Waals surface area contributed by atoms with E-state index >= 15 is 0 Å². The Kier molecular flexibility index (Phi) is 5.97. The van der Waals surface area contributed by atoms with Crippen LogP contribution in [0.15, 0.2) is 18.2 Å². The van der Waals surface area contributed by atoms with Gasteiger partial charge in [0.1, 0.15) is 18.3 Å². The summed E-state index contributed by atoms with van der Waals surface area (Å²) in [6.45, 7) is 3.27. The van der Waals surface area contributed by atoms with Crippen molar-refractivity contribution in [3.05, 3.63) is 29.3 Å². The van der Waals surface area contributed by atoms with E-state index in [0.29, 0.717) is 17.9 Å². The quantitative estimate of drug-likeness (QED) is 0.804. The average molecular weight is 414 g/mol. The highest BCUT2D eigenvalue weighted by atomic mass is 16.5. The molecule has 2 saturated heterocycles. The van der Waals surface area contributed by atoms with Crippen LogP contribution in [0.5, 0.6) is 5.75 Å². The fourth-order valence-electron chi connectivity index (χ4n) is 4.92. The van der Waals surface area contributed by atoms with E-state index in [2.05, 4.69) is 12.2 Å². The molecule has 0 bridgehead atoms. The maximum absolute atomic E-state index is 12.9. The van der Waals surface area contributed by atoms with Gasteiger partial charge in [0.25, 0.3) is 5.91 Å². The fraction of sp³-hybridized carbons (Fsp3) is 0.609. The van der Waals surface area contributed by atoms with Gasteiger partial charge in [-0.05, 0) is 62.6 Å². The molecular formula is C23H31N3O4. The molecule has 162 valence electrons. The Bertz CT molecular complexity index is 832. The maximum atomic E-state index is 12.9. The van der Waals surface area contributed by atoms with Gasteiger partial charge in [-0.25, -0.2) is 0 Å². The summed E-state index contributed by atoms with van der Waals surface area (Å²) < 4.78 is 5.47. The number of nitrogens with one attached hydrogen (secondary N) is 1. The second kappa shape index (κ2) is 8.66. The minimum atomic E-state index is -0.336. The molecule has 3 fully saturated rings. The first kappa shape index (κ1) is 20.7. The molecule has 1 aromatic carbocycles. The van der Waals surface area contributed by atoms with E-state index in [-0.39, 0.29) is 42.9 Å². The molecule has 1 N–H and O–H groups in total. The normalized spacial score (nSPS) is 26.5. The van der Waals surface area contributed by atoms with Gasteiger partial charge in [0.2, 0.25) is 11.8 Å². The molecule has 2 aliphatic heterocycles. The Hall–Kier alpha value is -2.57. The van der Waals surface area contributed by atoms with Crippen LogP contribution >= 0.6 is 0 Å². The molecule has 1 aliphatic carbocycles. The van der Waals surface area contributed by atoms with Crippen molar-refractivity contribution in [2.45, 2.75) is 64.1 Å². The van der Waals surface area contributed by atoms with Gasteiger partial charge in [-0.1, -0.05) is 6.92 Å². The number of methoxy groups -OCH3 is 1. The average Bonchev–Trinajstić information content (AvgIpc) is 3.24. The number of hydrogen-bond donors (Lipinski definition) is 1. The number of fused-ring (bicyclic) bond motifs is 1. The topological polar surface area (TPSA) is 79.0 Å². The molecule has 30 heavy (non-hydrogen) atoms.